The molecule has 0 spiro atoms. The van der Waals surface area contributed by atoms with E-state index in [4.69, 9.17) is 0 Å². The van der Waals surface area contributed by atoms with E-state index in [9.17, 15) is 0 Å². The minimum absolute atomic E-state index is 0.793. The first kappa shape index (κ1) is 16.0. The van der Waals surface area contributed by atoms with Gasteiger partial charge in [0.15, 0.2) is 0 Å². The Morgan fingerprint density at radius 1 is 1.29 bits per heavy atom. The van der Waals surface area contributed by atoms with Crippen LogP contribution in [-0.2, 0) is 25.8 Å². The van der Waals surface area contributed by atoms with E-state index < -0.39 is 0 Å². The molecule has 0 bridgehead atoms. The van der Waals surface area contributed by atoms with Gasteiger partial charge in [-0.15, -0.1) is 5.10 Å². The summed E-state index contributed by atoms with van der Waals surface area (Å²) >= 11 is 1.65. The van der Waals surface area contributed by atoms with Crippen molar-refractivity contribution in [1.29, 1.82) is 0 Å². The molecule has 1 N–H and O–H groups in total. The van der Waals surface area contributed by atoms with Crippen LogP contribution in [0.1, 0.15) is 31.7 Å². The van der Waals surface area contributed by atoms with E-state index in [-0.39, 0.29) is 0 Å². The van der Waals surface area contributed by atoms with Gasteiger partial charge in [0.1, 0.15) is 0 Å². The molecule has 2 rings (SSSR count). The van der Waals surface area contributed by atoms with Crippen molar-refractivity contribution in [3.63, 3.8) is 0 Å². The summed E-state index contributed by atoms with van der Waals surface area (Å²) in [6, 6.07) is 2.14. The number of nitrogens with one attached hydrogen (secondary N) is 1. The van der Waals surface area contributed by atoms with E-state index in [1.807, 2.05) is 16.4 Å². The zero-order valence-electron chi connectivity index (χ0n) is 12.9. The maximum Gasteiger partial charge on any atom is 0.209 e. The number of thioether (sulfide) groups is 1. The zero-order chi connectivity index (χ0) is 15.1. The smallest absolute Gasteiger partial charge is 0.209 e. The molecule has 0 aliphatic heterocycles. The highest BCUT2D eigenvalue weighted by Crippen LogP contribution is 2.20. The van der Waals surface area contributed by atoms with Crippen molar-refractivity contribution < 1.29 is 0 Å². The van der Waals surface area contributed by atoms with E-state index in [1.165, 1.54) is 5.69 Å². The minimum Gasteiger partial charge on any atom is -0.315 e. The molecule has 0 fully saturated rings. The molecule has 0 aliphatic rings. The molecule has 2 heterocycles. The largest absolute Gasteiger partial charge is 0.315 e. The number of aryl methyl sites for hydroxylation is 2. The number of rotatable bonds is 9. The van der Waals surface area contributed by atoms with Crippen LogP contribution in [0.2, 0.25) is 0 Å². The molecule has 21 heavy (non-hydrogen) atoms. The highest BCUT2D eigenvalue weighted by Gasteiger charge is 2.09. The Balaban J connectivity index is 1.88. The van der Waals surface area contributed by atoms with Gasteiger partial charge in [-0.2, -0.15) is 5.10 Å². The van der Waals surface area contributed by atoms with Crippen LogP contribution in [0, 0.1) is 0 Å². The Morgan fingerprint density at radius 2 is 2.14 bits per heavy atom. The molecule has 0 aliphatic carbocycles. The topological polar surface area (TPSA) is 73.5 Å². The van der Waals surface area contributed by atoms with Gasteiger partial charge in [0.05, 0.1) is 12.2 Å². The summed E-state index contributed by atoms with van der Waals surface area (Å²) < 4.78 is 3.78. The van der Waals surface area contributed by atoms with Gasteiger partial charge in [-0.05, 0) is 35.9 Å². The highest BCUT2D eigenvalue weighted by atomic mass is 32.2. The van der Waals surface area contributed by atoms with Crippen LogP contribution < -0.4 is 5.32 Å². The second-order valence-corrected chi connectivity index (χ2v) is 5.77. The van der Waals surface area contributed by atoms with Crippen molar-refractivity contribution in [3.8, 4) is 0 Å². The Labute approximate surface area is 129 Å². The molecule has 0 unspecified atom stereocenters. The minimum atomic E-state index is 0.793. The first-order chi connectivity index (χ1) is 10.2. The Morgan fingerprint density at radius 3 is 2.86 bits per heavy atom. The van der Waals surface area contributed by atoms with Crippen molar-refractivity contribution >= 4 is 11.8 Å². The lowest BCUT2D eigenvalue weighted by atomic mass is 10.3. The lowest BCUT2D eigenvalue weighted by Gasteiger charge is -2.05. The third-order valence-corrected chi connectivity index (χ3v) is 4.16. The van der Waals surface area contributed by atoms with Crippen molar-refractivity contribution in [2.45, 2.75) is 44.1 Å². The SMILES string of the molecule is CCCNCCn1nnnc1SCc1cc(CC)nn1C. The summed E-state index contributed by atoms with van der Waals surface area (Å²) in [4.78, 5) is 0. The Bertz CT molecular complexity index is 548. The lowest BCUT2D eigenvalue weighted by molar-refractivity contribution is 0.510. The number of hydrogen-bond donors (Lipinski definition) is 1. The normalized spacial score (nSPS) is 11.2. The highest BCUT2D eigenvalue weighted by molar-refractivity contribution is 7.98. The average molecular weight is 309 g/mol. The number of hydrogen-bond acceptors (Lipinski definition) is 6. The maximum atomic E-state index is 4.46. The molecule has 7 nitrogen and oxygen atoms in total. The van der Waals surface area contributed by atoms with Gasteiger partial charge >= 0.3 is 0 Å². The number of nitrogens with zero attached hydrogens (tertiary/aromatic N) is 6. The van der Waals surface area contributed by atoms with Crippen LogP contribution in [0.3, 0.4) is 0 Å². The fourth-order valence-electron chi connectivity index (χ4n) is 1.94. The predicted molar refractivity (Wildman–Crippen MR) is 83.1 cm³/mol. The zero-order valence-corrected chi connectivity index (χ0v) is 13.7. The molecule has 2 aromatic rings. The molecule has 0 saturated heterocycles. The molecule has 0 amide bonds. The summed E-state index contributed by atoms with van der Waals surface area (Å²) in [5, 5.41) is 20.6. The van der Waals surface area contributed by atoms with Crippen molar-refractivity contribution in [1.82, 2.24) is 35.3 Å². The summed E-state index contributed by atoms with van der Waals surface area (Å²) in [7, 11) is 1.98. The molecule has 0 radical (unpaired) electrons. The molecule has 2 aromatic heterocycles. The summed E-state index contributed by atoms with van der Waals surface area (Å²) in [6.07, 6.45) is 2.09. The number of aromatic nitrogens is 6. The average Bonchev–Trinajstić information content (AvgIpc) is 3.07. The third-order valence-electron chi connectivity index (χ3n) is 3.16. The molecular weight excluding hydrogens is 286 g/mol. The summed E-state index contributed by atoms with van der Waals surface area (Å²) in [5.74, 6) is 0.826. The Hall–Kier alpha value is -1.41. The monoisotopic (exact) mass is 309 g/mol. The van der Waals surface area contributed by atoms with Gasteiger partial charge in [0.25, 0.3) is 0 Å². The van der Waals surface area contributed by atoms with Gasteiger partial charge in [-0.25, -0.2) is 4.68 Å². The van der Waals surface area contributed by atoms with Gasteiger partial charge in [0, 0.05) is 25.0 Å². The van der Waals surface area contributed by atoms with Gasteiger partial charge in [-0.1, -0.05) is 25.6 Å². The lowest BCUT2D eigenvalue weighted by Crippen LogP contribution is -2.21. The van der Waals surface area contributed by atoms with Crippen LogP contribution in [0.25, 0.3) is 0 Å². The molecule has 8 heteroatoms. The van der Waals surface area contributed by atoms with Crippen LogP contribution in [-0.4, -0.2) is 43.1 Å². The first-order valence-electron chi connectivity index (χ1n) is 7.36. The molecule has 116 valence electrons. The van der Waals surface area contributed by atoms with Crippen molar-refractivity contribution in [2.75, 3.05) is 13.1 Å². The Kier molecular flexibility index (Phi) is 6.19. The summed E-state index contributed by atoms with van der Waals surface area (Å²) in [5.41, 5.74) is 2.31. The van der Waals surface area contributed by atoms with E-state index in [0.717, 1.165) is 49.1 Å². The quantitative estimate of drug-likeness (QED) is 0.555. The van der Waals surface area contributed by atoms with Gasteiger partial charge < -0.3 is 5.32 Å². The summed E-state index contributed by atoms with van der Waals surface area (Å²) in [6.45, 7) is 6.98. The van der Waals surface area contributed by atoms with Crippen molar-refractivity contribution in [3.05, 3.63) is 17.5 Å². The van der Waals surface area contributed by atoms with Crippen LogP contribution in [0.5, 0.6) is 0 Å². The van der Waals surface area contributed by atoms with Crippen LogP contribution >= 0.6 is 11.8 Å². The van der Waals surface area contributed by atoms with Crippen LogP contribution in [0.15, 0.2) is 11.2 Å². The molecular formula is C13H23N7S. The first-order valence-corrected chi connectivity index (χ1v) is 8.34. The molecule has 0 atom stereocenters. The fraction of sp³-hybridized carbons (Fsp3) is 0.692. The predicted octanol–water partition coefficient (Wildman–Crippen LogP) is 1.26. The molecule has 0 saturated carbocycles. The standard InChI is InChI=1S/C13H23N7S/c1-4-6-14-7-8-20-13(15-17-18-20)21-10-12-9-11(5-2)16-19(12)3/h9,14H,4-8,10H2,1-3H3. The van der Waals surface area contributed by atoms with Gasteiger partial charge in [-0.3, -0.25) is 4.68 Å². The second kappa shape index (κ2) is 8.14. The fourth-order valence-corrected chi connectivity index (χ4v) is 2.86. The third kappa shape index (κ3) is 4.53. The van der Waals surface area contributed by atoms with E-state index >= 15 is 0 Å². The van der Waals surface area contributed by atoms with E-state index in [2.05, 4.69) is 45.9 Å². The van der Waals surface area contributed by atoms with Crippen molar-refractivity contribution in [2.24, 2.45) is 7.05 Å². The van der Waals surface area contributed by atoms with Crippen LogP contribution in [0.4, 0.5) is 0 Å². The van der Waals surface area contributed by atoms with E-state index in [1.54, 1.807) is 11.8 Å². The number of tetrazole rings is 1. The second-order valence-electron chi connectivity index (χ2n) is 4.83. The van der Waals surface area contributed by atoms with Gasteiger partial charge in [0.2, 0.25) is 5.16 Å². The van der Waals surface area contributed by atoms with E-state index in [0.29, 0.717) is 0 Å². The maximum absolute atomic E-state index is 4.46. The molecule has 0 aromatic carbocycles.